The number of likely N-dealkylation sites (tertiary alicyclic amines) is 1. The highest BCUT2D eigenvalue weighted by molar-refractivity contribution is 6.06. The molecule has 0 saturated carbocycles. The van der Waals surface area contributed by atoms with Crippen LogP contribution in [0.1, 0.15) is 34.6 Å². The van der Waals surface area contributed by atoms with Crippen LogP contribution in [0.2, 0.25) is 0 Å². The first kappa shape index (κ1) is 20.7. The fraction of sp³-hybridized carbons (Fsp3) is 0.562. The Labute approximate surface area is 154 Å². The van der Waals surface area contributed by atoms with Crippen LogP contribution in [0.3, 0.4) is 0 Å². The Morgan fingerprint density at radius 3 is 2.71 bits per heavy atom. The average Bonchev–Trinajstić information content (AvgIpc) is 2.80. The Balaban J connectivity index is 0.00000144. The minimum absolute atomic E-state index is 0. The summed E-state index contributed by atoms with van der Waals surface area (Å²) in [6.07, 6.45) is 2.16. The van der Waals surface area contributed by atoms with Gasteiger partial charge in [-0.25, -0.2) is 4.98 Å². The molecule has 1 unspecified atom stereocenters. The molecular formula is C16H25Cl2N5O. The van der Waals surface area contributed by atoms with Crippen molar-refractivity contribution in [1.82, 2.24) is 25.0 Å². The summed E-state index contributed by atoms with van der Waals surface area (Å²) in [7, 11) is 3.83. The van der Waals surface area contributed by atoms with E-state index in [2.05, 4.69) is 15.4 Å². The van der Waals surface area contributed by atoms with E-state index in [9.17, 15) is 4.79 Å². The summed E-state index contributed by atoms with van der Waals surface area (Å²) in [5.74, 6) is 0.0894. The molecule has 3 heterocycles. The van der Waals surface area contributed by atoms with Crippen molar-refractivity contribution >= 4 is 41.8 Å². The van der Waals surface area contributed by atoms with Crippen molar-refractivity contribution in [3.63, 3.8) is 0 Å². The molecule has 24 heavy (non-hydrogen) atoms. The van der Waals surface area contributed by atoms with Crippen LogP contribution in [0, 0.1) is 13.8 Å². The highest BCUT2D eigenvalue weighted by Gasteiger charge is 2.26. The molecule has 1 fully saturated rings. The second kappa shape index (κ2) is 8.14. The van der Waals surface area contributed by atoms with Crippen molar-refractivity contribution in [1.29, 1.82) is 0 Å². The fourth-order valence-electron chi connectivity index (χ4n) is 3.31. The van der Waals surface area contributed by atoms with Crippen molar-refractivity contribution in [2.24, 2.45) is 7.05 Å². The Kier molecular flexibility index (Phi) is 7.01. The molecule has 1 N–H and O–H groups in total. The van der Waals surface area contributed by atoms with Gasteiger partial charge in [-0.1, -0.05) is 0 Å². The van der Waals surface area contributed by atoms with Gasteiger partial charge in [0.15, 0.2) is 5.65 Å². The van der Waals surface area contributed by atoms with Crippen LogP contribution in [0.25, 0.3) is 11.0 Å². The zero-order chi connectivity index (χ0) is 15.9. The molecule has 1 saturated heterocycles. The number of carbonyl (C=O) groups is 1. The van der Waals surface area contributed by atoms with E-state index < -0.39 is 0 Å². The zero-order valence-electron chi connectivity index (χ0n) is 14.5. The first-order valence-electron chi connectivity index (χ1n) is 7.78. The maximum atomic E-state index is 13.0. The van der Waals surface area contributed by atoms with Crippen LogP contribution in [-0.4, -0.2) is 51.8 Å². The van der Waals surface area contributed by atoms with Crippen molar-refractivity contribution < 1.29 is 4.79 Å². The van der Waals surface area contributed by atoms with E-state index in [4.69, 9.17) is 0 Å². The molecule has 0 bridgehead atoms. The molecule has 8 heteroatoms. The third-order valence-corrected chi connectivity index (χ3v) is 4.44. The molecule has 0 aliphatic carbocycles. The van der Waals surface area contributed by atoms with Crippen LogP contribution in [-0.2, 0) is 7.05 Å². The number of hydrogen-bond donors (Lipinski definition) is 1. The van der Waals surface area contributed by atoms with Crippen LogP contribution >= 0.6 is 24.8 Å². The summed E-state index contributed by atoms with van der Waals surface area (Å²) in [6, 6.07) is 2.27. The Morgan fingerprint density at radius 2 is 2.04 bits per heavy atom. The third kappa shape index (κ3) is 3.66. The van der Waals surface area contributed by atoms with Gasteiger partial charge in [0.1, 0.15) is 0 Å². The zero-order valence-corrected chi connectivity index (χ0v) is 16.1. The summed E-state index contributed by atoms with van der Waals surface area (Å²) < 4.78 is 1.75. The molecule has 2 aromatic heterocycles. The topological polar surface area (TPSA) is 63.1 Å². The van der Waals surface area contributed by atoms with Gasteiger partial charge in [-0.2, -0.15) is 5.10 Å². The second-order valence-electron chi connectivity index (χ2n) is 6.10. The molecule has 0 aromatic carbocycles. The number of amides is 1. The lowest BCUT2D eigenvalue weighted by Crippen LogP contribution is -2.47. The summed E-state index contributed by atoms with van der Waals surface area (Å²) in [6.45, 7) is 5.44. The molecule has 1 amide bonds. The Bertz CT molecular complexity index is 731. The van der Waals surface area contributed by atoms with Crippen molar-refractivity contribution in [2.45, 2.75) is 32.7 Å². The lowest BCUT2D eigenvalue weighted by molar-refractivity contribution is 0.0700. The number of hydrogen-bond acceptors (Lipinski definition) is 4. The monoisotopic (exact) mass is 373 g/mol. The van der Waals surface area contributed by atoms with Crippen molar-refractivity contribution in [3.8, 4) is 0 Å². The van der Waals surface area contributed by atoms with E-state index in [0.717, 1.165) is 53.9 Å². The number of halogens is 2. The summed E-state index contributed by atoms with van der Waals surface area (Å²) >= 11 is 0. The number of rotatable bonds is 2. The van der Waals surface area contributed by atoms with Gasteiger partial charge in [0, 0.05) is 31.9 Å². The highest BCUT2D eigenvalue weighted by atomic mass is 35.5. The minimum atomic E-state index is 0. The normalized spacial score (nSPS) is 17.3. The number of fused-ring (bicyclic) bond motifs is 1. The minimum Gasteiger partial charge on any atom is -0.337 e. The first-order valence-corrected chi connectivity index (χ1v) is 7.78. The second-order valence-corrected chi connectivity index (χ2v) is 6.10. The summed E-state index contributed by atoms with van der Waals surface area (Å²) in [5, 5.41) is 8.58. The van der Waals surface area contributed by atoms with Crippen LogP contribution in [0.5, 0.6) is 0 Å². The SMILES string of the molecule is CNC1CCCN(C(=O)c2cc(C)nc3c2c(C)nn3C)C1.Cl.Cl. The van der Waals surface area contributed by atoms with Crippen molar-refractivity contribution in [2.75, 3.05) is 20.1 Å². The van der Waals surface area contributed by atoms with E-state index >= 15 is 0 Å². The number of carbonyl (C=O) groups excluding carboxylic acids is 1. The number of likely N-dealkylation sites (N-methyl/N-ethyl adjacent to an activating group) is 1. The van der Waals surface area contributed by atoms with Crippen LogP contribution in [0.4, 0.5) is 0 Å². The molecule has 2 aromatic rings. The van der Waals surface area contributed by atoms with Crippen LogP contribution in [0.15, 0.2) is 6.07 Å². The van der Waals surface area contributed by atoms with Crippen LogP contribution < -0.4 is 5.32 Å². The molecule has 0 radical (unpaired) electrons. The lowest BCUT2D eigenvalue weighted by Gasteiger charge is -2.32. The molecule has 3 rings (SSSR count). The first-order chi connectivity index (χ1) is 10.5. The molecular weight excluding hydrogens is 349 g/mol. The van der Waals surface area contributed by atoms with E-state index in [-0.39, 0.29) is 30.7 Å². The third-order valence-electron chi connectivity index (χ3n) is 4.44. The molecule has 1 aliphatic heterocycles. The summed E-state index contributed by atoms with van der Waals surface area (Å²) in [4.78, 5) is 19.5. The molecule has 0 spiro atoms. The number of nitrogens with zero attached hydrogens (tertiary/aromatic N) is 4. The maximum absolute atomic E-state index is 13.0. The van der Waals surface area contributed by atoms with E-state index in [1.165, 1.54) is 0 Å². The van der Waals surface area contributed by atoms with E-state index in [1.807, 2.05) is 38.9 Å². The molecule has 1 aliphatic rings. The number of pyridine rings is 1. The molecule has 134 valence electrons. The maximum Gasteiger partial charge on any atom is 0.254 e. The summed E-state index contributed by atoms with van der Waals surface area (Å²) in [5.41, 5.74) is 3.21. The Morgan fingerprint density at radius 1 is 1.33 bits per heavy atom. The van der Waals surface area contributed by atoms with Gasteiger partial charge < -0.3 is 10.2 Å². The van der Waals surface area contributed by atoms with Gasteiger partial charge >= 0.3 is 0 Å². The number of piperidine rings is 1. The Hall–Kier alpha value is -1.37. The largest absolute Gasteiger partial charge is 0.337 e. The predicted octanol–water partition coefficient (Wildman–Crippen LogP) is 2.25. The molecule has 1 atom stereocenters. The predicted molar refractivity (Wildman–Crippen MR) is 100 cm³/mol. The molecule has 6 nitrogen and oxygen atoms in total. The highest BCUT2D eigenvalue weighted by Crippen LogP contribution is 2.24. The average molecular weight is 374 g/mol. The smallest absolute Gasteiger partial charge is 0.254 e. The van der Waals surface area contributed by atoms with Gasteiger partial charge in [-0.05, 0) is 39.8 Å². The lowest BCUT2D eigenvalue weighted by atomic mass is 10.0. The van der Waals surface area contributed by atoms with Gasteiger partial charge in [-0.15, -0.1) is 24.8 Å². The van der Waals surface area contributed by atoms with Gasteiger partial charge in [0.05, 0.1) is 16.6 Å². The number of nitrogens with one attached hydrogen (secondary N) is 1. The van der Waals surface area contributed by atoms with E-state index in [0.29, 0.717) is 6.04 Å². The van der Waals surface area contributed by atoms with Crippen molar-refractivity contribution in [3.05, 3.63) is 23.0 Å². The fourth-order valence-corrected chi connectivity index (χ4v) is 3.31. The quantitative estimate of drug-likeness (QED) is 0.876. The standard InChI is InChI=1S/C16H23N5O.2ClH/c1-10-8-13(14-11(2)19-20(4)15(14)18-10)16(22)21-7-5-6-12(9-21)17-3;;/h8,12,17H,5-7,9H2,1-4H3;2*1H. The van der Waals surface area contributed by atoms with Gasteiger partial charge in [-0.3, -0.25) is 9.48 Å². The van der Waals surface area contributed by atoms with Gasteiger partial charge in [0.25, 0.3) is 5.91 Å². The van der Waals surface area contributed by atoms with E-state index in [1.54, 1.807) is 4.68 Å². The number of aryl methyl sites for hydroxylation is 3. The van der Waals surface area contributed by atoms with Gasteiger partial charge in [0.2, 0.25) is 0 Å². The number of aromatic nitrogens is 3.